The molecule has 21 heavy (non-hydrogen) atoms. The number of carboxylic acids is 1. The molecule has 1 fully saturated rings. The van der Waals surface area contributed by atoms with Crippen LogP contribution in [0.1, 0.15) is 19.3 Å². The maximum absolute atomic E-state index is 10.9. The molecule has 1 aliphatic carbocycles. The zero-order valence-corrected chi connectivity index (χ0v) is 12.7. The lowest BCUT2D eigenvalue weighted by atomic mass is 10.1. The van der Waals surface area contributed by atoms with Gasteiger partial charge < -0.3 is 9.84 Å². The van der Waals surface area contributed by atoms with E-state index in [0.717, 1.165) is 40.1 Å². The second-order valence-corrected chi connectivity index (χ2v) is 6.53. The molecule has 0 saturated heterocycles. The molecule has 4 nitrogen and oxygen atoms in total. The normalized spacial score (nSPS) is 15.9. The first kappa shape index (κ1) is 14.2. The molecule has 0 radical (unpaired) electrons. The van der Waals surface area contributed by atoms with Gasteiger partial charge >= 0.3 is 5.97 Å². The Labute approximate surface area is 127 Å². The average molecular weight is 303 g/mol. The lowest BCUT2D eigenvalue weighted by molar-refractivity contribution is -0.138. The van der Waals surface area contributed by atoms with Crippen molar-refractivity contribution in [3.05, 3.63) is 30.5 Å². The monoisotopic (exact) mass is 303 g/mol. The van der Waals surface area contributed by atoms with Crippen LogP contribution >= 0.6 is 11.8 Å². The largest absolute Gasteiger partial charge is 0.497 e. The maximum atomic E-state index is 10.9. The fourth-order valence-electron chi connectivity index (χ4n) is 2.45. The molecule has 1 aliphatic rings. The van der Waals surface area contributed by atoms with Gasteiger partial charge in [-0.25, -0.2) is 4.98 Å². The smallest absolute Gasteiger partial charge is 0.303 e. The van der Waals surface area contributed by atoms with Gasteiger partial charge in [-0.05, 0) is 41.8 Å². The van der Waals surface area contributed by atoms with E-state index < -0.39 is 5.97 Å². The summed E-state index contributed by atoms with van der Waals surface area (Å²) in [5, 5.41) is 12.1. The number of thioether (sulfide) groups is 1. The Hall–Kier alpha value is -1.75. The van der Waals surface area contributed by atoms with Gasteiger partial charge in [0.1, 0.15) is 10.8 Å². The van der Waals surface area contributed by atoms with Crippen LogP contribution in [0.3, 0.4) is 0 Å². The average Bonchev–Trinajstić information content (AvgIpc) is 3.23. The third kappa shape index (κ3) is 3.13. The predicted octanol–water partition coefficient (Wildman–Crippen LogP) is 3.59. The van der Waals surface area contributed by atoms with Crippen LogP contribution in [0, 0.1) is 5.41 Å². The Balaban J connectivity index is 1.82. The van der Waals surface area contributed by atoms with E-state index in [9.17, 15) is 4.79 Å². The van der Waals surface area contributed by atoms with Crippen LogP contribution in [0.25, 0.3) is 10.8 Å². The standard InChI is InChI=1S/C16H17NO3S/c1-20-12-3-2-11-4-7-17-15(13(11)8-12)21-10-16(5-6-16)9-14(18)19/h2-4,7-8H,5-6,9-10H2,1H3,(H,18,19). The molecule has 110 valence electrons. The second kappa shape index (κ2) is 5.56. The molecular formula is C16H17NO3S. The zero-order chi connectivity index (χ0) is 14.9. The number of hydrogen-bond donors (Lipinski definition) is 1. The minimum Gasteiger partial charge on any atom is -0.497 e. The van der Waals surface area contributed by atoms with Crippen LogP contribution in [0.2, 0.25) is 0 Å². The van der Waals surface area contributed by atoms with E-state index in [1.165, 1.54) is 0 Å². The van der Waals surface area contributed by atoms with Gasteiger partial charge in [-0.1, -0.05) is 6.07 Å². The number of pyridine rings is 1. The first-order chi connectivity index (χ1) is 10.1. The maximum Gasteiger partial charge on any atom is 0.303 e. The molecule has 1 N–H and O–H groups in total. The number of ether oxygens (including phenoxy) is 1. The van der Waals surface area contributed by atoms with E-state index in [0.29, 0.717) is 0 Å². The Bertz CT molecular complexity index is 682. The van der Waals surface area contributed by atoms with Crippen molar-refractivity contribution in [2.24, 2.45) is 5.41 Å². The lowest BCUT2D eigenvalue weighted by Gasteiger charge is -2.12. The number of rotatable bonds is 6. The fourth-order valence-corrected chi connectivity index (χ4v) is 3.76. The van der Waals surface area contributed by atoms with Crippen LogP contribution in [0.5, 0.6) is 5.75 Å². The first-order valence-electron chi connectivity index (χ1n) is 6.89. The van der Waals surface area contributed by atoms with Crippen molar-refractivity contribution in [3.63, 3.8) is 0 Å². The highest BCUT2D eigenvalue weighted by molar-refractivity contribution is 7.99. The number of aromatic nitrogens is 1. The van der Waals surface area contributed by atoms with E-state index in [1.54, 1.807) is 25.1 Å². The van der Waals surface area contributed by atoms with Crippen molar-refractivity contribution in [1.82, 2.24) is 4.98 Å². The SMILES string of the molecule is COc1ccc2ccnc(SCC3(CC(=O)O)CC3)c2c1. The Kier molecular flexibility index (Phi) is 3.76. The summed E-state index contributed by atoms with van der Waals surface area (Å²) >= 11 is 1.65. The van der Waals surface area contributed by atoms with E-state index in [4.69, 9.17) is 9.84 Å². The van der Waals surface area contributed by atoms with Gasteiger partial charge in [0, 0.05) is 17.3 Å². The summed E-state index contributed by atoms with van der Waals surface area (Å²) < 4.78 is 5.27. The van der Waals surface area contributed by atoms with Crippen LogP contribution in [-0.2, 0) is 4.79 Å². The third-order valence-electron chi connectivity index (χ3n) is 3.94. The number of aliphatic carboxylic acids is 1. The topological polar surface area (TPSA) is 59.4 Å². The van der Waals surface area contributed by atoms with Crippen molar-refractivity contribution in [2.45, 2.75) is 24.3 Å². The number of fused-ring (bicyclic) bond motifs is 1. The molecule has 1 heterocycles. The van der Waals surface area contributed by atoms with Gasteiger partial charge in [0.2, 0.25) is 0 Å². The second-order valence-electron chi connectivity index (χ2n) is 5.56. The summed E-state index contributed by atoms with van der Waals surface area (Å²) in [4.78, 5) is 15.4. The van der Waals surface area contributed by atoms with Crippen LogP contribution in [-0.4, -0.2) is 28.9 Å². The summed E-state index contributed by atoms with van der Waals surface area (Å²) in [6, 6.07) is 7.91. The van der Waals surface area contributed by atoms with Crippen LogP contribution < -0.4 is 4.74 Å². The zero-order valence-electron chi connectivity index (χ0n) is 11.8. The van der Waals surface area contributed by atoms with Crippen LogP contribution in [0.4, 0.5) is 0 Å². The number of hydrogen-bond acceptors (Lipinski definition) is 4. The minimum absolute atomic E-state index is 0.0286. The number of benzene rings is 1. The molecular weight excluding hydrogens is 286 g/mol. The van der Waals surface area contributed by atoms with Gasteiger partial charge in [0.15, 0.2) is 0 Å². The summed E-state index contributed by atoms with van der Waals surface area (Å²) in [7, 11) is 1.65. The first-order valence-corrected chi connectivity index (χ1v) is 7.88. The molecule has 1 saturated carbocycles. The van der Waals surface area contributed by atoms with Gasteiger partial charge in [0.05, 0.1) is 13.5 Å². The summed E-state index contributed by atoms with van der Waals surface area (Å²) in [5.74, 6) is 0.910. The third-order valence-corrected chi connectivity index (χ3v) is 5.29. The van der Waals surface area contributed by atoms with Gasteiger partial charge in [-0.15, -0.1) is 11.8 Å². The number of carboxylic acid groups (broad SMARTS) is 1. The Morgan fingerprint density at radius 1 is 1.43 bits per heavy atom. The predicted molar refractivity (Wildman–Crippen MR) is 82.9 cm³/mol. The van der Waals surface area contributed by atoms with E-state index in [2.05, 4.69) is 4.98 Å². The minimum atomic E-state index is -0.708. The van der Waals surface area contributed by atoms with E-state index in [1.807, 2.05) is 24.3 Å². The Morgan fingerprint density at radius 2 is 2.24 bits per heavy atom. The number of methoxy groups -OCH3 is 1. The summed E-state index contributed by atoms with van der Waals surface area (Å²) in [6.07, 6.45) is 4.06. The van der Waals surface area contributed by atoms with E-state index >= 15 is 0 Å². The molecule has 0 atom stereocenters. The molecule has 0 spiro atoms. The highest BCUT2D eigenvalue weighted by Gasteiger charge is 2.44. The number of nitrogens with zero attached hydrogens (tertiary/aromatic N) is 1. The Morgan fingerprint density at radius 3 is 2.90 bits per heavy atom. The molecule has 0 amide bonds. The molecule has 1 aromatic carbocycles. The van der Waals surface area contributed by atoms with Gasteiger partial charge in [-0.2, -0.15) is 0 Å². The summed E-state index contributed by atoms with van der Waals surface area (Å²) in [6.45, 7) is 0. The van der Waals surface area contributed by atoms with Gasteiger partial charge in [-0.3, -0.25) is 4.79 Å². The van der Waals surface area contributed by atoms with Crippen molar-refractivity contribution in [2.75, 3.05) is 12.9 Å². The molecule has 1 aromatic heterocycles. The molecule has 0 bridgehead atoms. The molecule has 2 aromatic rings. The number of carbonyl (C=O) groups is 1. The van der Waals surface area contributed by atoms with Crippen molar-refractivity contribution in [1.29, 1.82) is 0 Å². The molecule has 3 rings (SSSR count). The van der Waals surface area contributed by atoms with Crippen molar-refractivity contribution in [3.8, 4) is 5.75 Å². The van der Waals surface area contributed by atoms with E-state index in [-0.39, 0.29) is 11.8 Å². The molecule has 0 aliphatic heterocycles. The fraction of sp³-hybridized carbons (Fsp3) is 0.375. The highest BCUT2D eigenvalue weighted by Crippen LogP contribution is 2.52. The van der Waals surface area contributed by atoms with Crippen molar-refractivity contribution < 1.29 is 14.6 Å². The summed E-state index contributed by atoms with van der Waals surface area (Å²) in [5.41, 5.74) is -0.0286. The molecule has 0 unspecified atom stereocenters. The highest BCUT2D eigenvalue weighted by atomic mass is 32.2. The van der Waals surface area contributed by atoms with Gasteiger partial charge in [0.25, 0.3) is 0 Å². The van der Waals surface area contributed by atoms with Crippen molar-refractivity contribution >= 4 is 28.5 Å². The van der Waals surface area contributed by atoms with Crippen LogP contribution in [0.15, 0.2) is 35.5 Å². The lowest BCUT2D eigenvalue weighted by Crippen LogP contribution is -2.11. The molecule has 5 heteroatoms. The quantitative estimate of drug-likeness (QED) is 0.826.